The molecule has 10 heteroatoms. The van der Waals surface area contributed by atoms with Gasteiger partial charge in [0.1, 0.15) is 5.82 Å². The minimum absolute atomic E-state index is 0.217. The van der Waals surface area contributed by atoms with Gasteiger partial charge >= 0.3 is 6.01 Å². The van der Waals surface area contributed by atoms with Crippen molar-refractivity contribution in [2.24, 2.45) is 0 Å². The molecule has 4 aromatic rings. The molecular formula is C19H15N7O3. The number of nitrogens with zero attached hydrogens (tertiary/aromatic N) is 5. The van der Waals surface area contributed by atoms with E-state index in [4.69, 9.17) is 13.9 Å². The maximum atomic E-state index is 5.77. The van der Waals surface area contributed by atoms with Crippen LogP contribution in [0, 0.1) is 0 Å². The van der Waals surface area contributed by atoms with Gasteiger partial charge in [0.15, 0.2) is 11.5 Å². The molecule has 0 saturated carbocycles. The van der Waals surface area contributed by atoms with E-state index in [2.05, 4.69) is 35.8 Å². The molecule has 1 aromatic carbocycles. The molecule has 0 aliphatic carbocycles. The normalized spacial score (nSPS) is 12.0. The number of benzene rings is 1. The van der Waals surface area contributed by atoms with Crippen LogP contribution in [0.3, 0.4) is 0 Å². The van der Waals surface area contributed by atoms with Crippen LogP contribution in [0.25, 0.3) is 11.5 Å². The first-order valence-electron chi connectivity index (χ1n) is 8.79. The average molecular weight is 389 g/mol. The molecule has 29 heavy (non-hydrogen) atoms. The molecule has 0 spiro atoms. The van der Waals surface area contributed by atoms with Gasteiger partial charge in [0.25, 0.3) is 5.89 Å². The van der Waals surface area contributed by atoms with E-state index in [9.17, 15) is 0 Å². The molecule has 0 radical (unpaired) electrons. The van der Waals surface area contributed by atoms with Crippen molar-refractivity contribution in [2.45, 2.75) is 6.54 Å². The summed E-state index contributed by atoms with van der Waals surface area (Å²) in [6, 6.07) is 9.38. The summed E-state index contributed by atoms with van der Waals surface area (Å²) in [6.07, 6.45) is 6.64. The molecule has 0 unspecified atom stereocenters. The number of anilines is 3. The fraction of sp³-hybridized carbons (Fsp3) is 0.105. The highest BCUT2D eigenvalue weighted by atomic mass is 16.7. The van der Waals surface area contributed by atoms with E-state index in [1.807, 2.05) is 24.3 Å². The molecule has 1 aliphatic heterocycles. The number of ether oxygens (including phenoxy) is 2. The van der Waals surface area contributed by atoms with Crippen molar-refractivity contribution in [3.63, 3.8) is 0 Å². The minimum atomic E-state index is 0.217. The summed E-state index contributed by atoms with van der Waals surface area (Å²) < 4.78 is 16.5. The van der Waals surface area contributed by atoms with Gasteiger partial charge in [-0.25, -0.2) is 4.98 Å². The molecule has 5 rings (SSSR count). The molecule has 3 aromatic heterocycles. The lowest BCUT2D eigenvalue weighted by Gasteiger charge is -2.07. The molecule has 0 amide bonds. The molecule has 0 bridgehead atoms. The largest absolute Gasteiger partial charge is 0.454 e. The Kier molecular flexibility index (Phi) is 4.33. The molecule has 4 heterocycles. The first kappa shape index (κ1) is 16.9. The van der Waals surface area contributed by atoms with Gasteiger partial charge in [-0.05, 0) is 24.3 Å². The van der Waals surface area contributed by atoms with E-state index in [0.717, 1.165) is 11.4 Å². The lowest BCUT2D eigenvalue weighted by molar-refractivity contribution is 0.174. The summed E-state index contributed by atoms with van der Waals surface area (Å²) in [5.41, 5.74) is 2.22. The highest BCUT2D eigenvalue weighted by Crippen LogP contribution is 2.35. The SMILES string of the molecule is c1cnc(NCc2cnccn2)c(-c2nnc(Nc3ccc4c(c3)OCO4)o2)c1. The van der Waals surface area contributed by atoms with E-state index in [-0.39, 0.29) is 12.8 Å². The van der Waals surface area contributed by atoms with Crippen molar-refractivity contribution in [1.82, 2.24) is 25.1 Å². The van der Waals surface area contributed by atoms with Crippen LogP contribution >= 0.6 is 0 Å². The quantitative estimate of drug-likeness (QED) is 0.509. The number of aromatic nitrogens is 5. The van der Waals surface area contributed by atoms with Crippen molar-refractivity contribution in [1.29, 1.82) is 0 Å². The molecule has 144 valence electrons. The molecule has 10 nitrogen and oxygen atoms in total. The molecule has 0 saturated heterocycles. The summed E-state index contributed by atoms with van der Waals surface area (Å²) in [6.45, 7) is 0.684. The van der Waals surface area contributed by atoms with E-state index >= 15 is 0 Å². The zero-order valence-electron chi connectivity index (χ0n) is 15.1. The Labute approximate surface area is 165 Å². The fourth-order valence-corrected chi connectivity index (χ4v) is 2.79. The van der Waals surface area contributed by atoms with Gasteiger partial charge in [-0.1, -0.05) is 5.10 Å². The van der Waals surface area contributed by atoms with Crippen molar-refractivity contribution in [3.05, 3.63) is 60.8 Å². The van der Waals surface area contributed by atoms with E-state index < -0.39 is 0 Å². The van der Waals surface area contributed by atoms with Crippen LogP contribution in [0.15, 0.2) is 59.5 Å². The molecule has 2 N–H and O–H groups in total. The monoisotopic (exact) mass is 389 g/mol. The number of nitrogens with one attached hydrogen (secondary N) is 2. The molecule has 0 fully saturated rings. The van der Waals surface area contributed by atoms with Crippen LogP contribution in [0.2, 0.25) is 0 Å². The van der Waals surface area contributed by atoms with Gasteiger partial charge in [-0.2, -0.15) is 0 Å². The van der Waals surface area contributed by atoms with Crippen LogP contribution < -0.4 is 20.1 Å². The maximum absolute atomic E-state index is 5.77. The van der Waals surface area contributed by atoms with Gasteiger partial charge in [-0.3, -0.25) is 9.97 Å². The maximum Gasteiger partial charge on any atom is 0.320 e. The zero-order valence-corrected chi connectivity index (χ0v) is 15.1. The number of hydrogen-bond acceptors (Lipinski definition) is 10. The predicted octanol–water partition coefficient (Wildman–Crippen LogP) is 3.01. The first-order chi connectivity index (χ1) is 14.3. The Bertz CT molecular complexity index is 1130. The van der Waals surface area contributed by atoms with Crippen molar-refractivity contribution < 1.29 is 13.9 Å². The van der Waals surface area contributed by atoms with E-state index in [0.29, 0.717) is 35.3 Å². The van der Waals surface area contributed by atoms with Gasteiger partial charge in [-0.15, -0.1) is 5.10 Å². The first-order valence-corrected chi connectivity index (χ1v) is 8.79. The van der Waals surface area contributed by atoms with Gasteiger partial charge in [0.05, 0.1) is 24.0 Å². The minimum Gasteiger partial charge on any atom is -0.454 e. The molecule has 1 aliphatic rings. The van der Waals surface area contributed by atoms with Gasteiger partial charge < -0.3 is 24.5 Å². The Morgan fingerprint density at radius 3 is 2.86 bits per heavy atom. The lowest BCUT2D eigenvalue weighted by atomic mass is 10.2. The fourth-order valence-electron chi connectivity index (χ4n) is 2.79. The summed E-state index contributed by atoms with van der Waals surface area (Å²) >= 11 is 0. The number of hydrogen-bond donors (Lipinski definition) is 2. The number of pyridine rings is 1. The van der Waals surface area contributed by atoms with Crippen molar-refractivity contribution >= 4 is 17.5 Å². The van der Waals surface area contributed by atoms with Gasteiger partial charge in [0.2, 0.25) is 6.79 Å². The second-order valence-corrected chi connectivity index (χ2v) is 6.06. The smallest absolute Gasteiger partial charge is 0.320 e. The van der Waals surface area contributed by atoms with Crippen LogP contribution in [0.4, 0.5) is 17.5 Å². The van der Waals surface area contributed by atoms with E-state index in [1.165, 1.54) is 0 Å². The summed E-state index contributed by atoms with van der Waals surface area (Å²) in [4.78, 5) is 12.7. The highest BCUT2D eigenvalue weighted by Gasteiger charge is 2.16. The van der Waals surface area contributed by atoms with Crippen LogP contribution in [-0.2, 0) is 6.54 Å². The average Bonchev–Trinajstić information content (AvgIpc) is 3.42. The lowest BCUT2D eigenvalue weighted by Crippen LogP contribution is -2.04. The topological polar surface area (TPSA) is 120 Å². The zero-order chi connectivity index (χ0) is 19.5. The summed E-state index contributed by atoms with van der Waals surface area (Å²) in [7, 11) is 0. The van der Waals surface area contributed by atoms with Crippen LogP contribution in [0.1, 0.15) is 5.69 Å². The third-order valence-corrected chi connectivity index (χ3v) is 4.14. The second kappa shape index (κ2) is 7.43. The van der Waals surface area contributed by atoms with Crippen LogP contribution in [-0.4, -0.2) is 31.9 Å². The number of fused-ring (bicyclic) bond motifs is 1. The summed E-state index contributed by atoms with van der Waals surface area (Å²) in [5.74, 6) is 2.31. The summed E-state index contributed by atoms with van der Waals surface area (Å²) in [5, 5.41) is 14.5. The third-order valence-electron chi connectivity index (χ3n) is 4.14. The number of rotatable bonds is 6. The second-order valence-electron chi connectivity index (χ2n) is 6.06. The van der Waals surface area contributed by atoms with Crippen molar-refractivity contribution in [2.75, 3.05) is 17.4 Å². The Morgan fingerprint density at radius 2 is 1.93 bits per heavy atom. The molecular weight excluding hydrogens is 374 g/mol. The molecule has 0 atom stereocenters. The van der Waals surface area contributed by atoms with Crippen LogP contribution in [0.5, 0.6) is 11.5 Å². The standard InChI is InChI=1S/C19H15N7O3/c1-2-14(17(22-5-1)23-10-13-9-20-6-7-21-13)18-25-26-19(29-18)24-12-3-4-15-16(8-12)28-11-27-15/h1-9H,10-11H2,(H,22,23)(H,24,26). The van der Waals surface area contributed by atoms with E-state index in [1.54, 1.807) is 30.9 Å². The highest BCUT2D eigenvalue weighted by molar-refractivity contribution is 5.69. The predicted molar refractivity (Wildman–Crippen MR) is 103 cm³/mol. The Hall–Kier alpha value is -4.21. The Morgan fingerprint density at radius 1 is 0.966 bits per heavy atom. The van der Waals surface area contributed by atoms with Gasteiger partial charge in [0, 0.05) is 30.3 Å². The Balaban J connectivity index is 1.34. The van der Waals surface area contributed by atoms with Crippen molar-refractivity contribution in [3.8, 4) is 23.0 Å². The third kappa shape index (κ3) is 3.63.